The Kier molecular flexibility index (Phi) is 6.34. The molecule has 36 heavy (non-hydrogen) atoms. The van der Waals surface area contributed by atoms with Crippen molar-refractivity contribution < 1.29 is 37.2 Å². The minimum absolute atomic E-state index is 0.0957. The molecule has 0 radical (unpaired) electrons. The third-order valence-corrected chi connectivity index (χ3v) is 8.95. The summed E-state index contributed by atoms with van der Waals surface area (Å²) >= 11 is 0. The zero-order valence-electron chi connectivity index (χ0n) is 19.0. The number of carbonyl (C=O) groups excluding carboxylic acids is 3. The van der Waals surface area contributed by atoms with Crippen LogP contribution in [0, 0.1) is 10.1 Å². The van der Waals surface area contributed by atoms with Crippen LogP contribution in [-0.2, 0) is 42.1 Å². The van der Waals surface area contributed by atoms with E-state index in [1.54, 1.807) is 0 Å². The van der Waals surface area contributed by atoms with E-state index in [4.69, 9.17) is 9.47 Å². The number of hydrogen-bond donors (Lipinski definition) is 0. The number of non-ortho nitro benzene ring substituents is 1. The molecule has 1 aromatic carbocycles. The van der Waals surface area contributed by atoms with Crippen LogP contribution in [0.4, 0.5) is 5.69 Å². The summed E-state index contributed by atoms with van der Waals surface area (Å²) < 4.78 is 36.3. The molecule has 3 heterocycles. The first-order chi connectivity index (χ1) is 17.0. The van der Waals surface area contributed by atoms with Gasteiger partial charge in [-0.25, -0.2) is 22.7 Å². The summed E-state index contributed by atoms with van der Waals surface area (Å²) in [6.45, 7) is 3.85. The van der Waals surface area contributed by atoms with Crippen molar-refractivity contribution in [2.45, 2.75) is 42.7 Å². The monoisotopic (exact) mass is 519 g/mol. The normalized spacial score (nSPS) is 23.9. The van der Waals surface area contributed by atoms with Gasteiger partial charge in [-0.15, -0.1) is 5.10 Å². The number of rotatable bonds is 9. The van der Waals surface area contributed by atoms with E-state index in [1.165, 1.54) is 37.3 Å². The number of esters is 2. The number of amides is 1. The molecule has 2 aliphatic heterocycles. The Morgan fingerprint density at radius 2 is 2.00 bits per heavy atom. The second-order valence-electron chi connectivity index (χ2n) is 8.42. The molecule has 0 N–H and O–H groups in total. The van der Waals surface area contributed by atoms with Gasteiger partial charge in [-0.1, -0.05) is 17.9 Å². The maximum atomic E-state index is 13.4. The minimum Gasteiger partial charge on any atom is -0.459 e. The summed E-state index contributed by atoms with van der Waals surface area (Å²) in [7, 11) is -4.12. The predicted octanol–water partition coefficient (Wildman–Crippen LogP) is 0.387. The molecule has 0 aliphatic carbocycles. The number of hydrogen-bond acceptors (Lipinski definition) is 11. The molecule has 2 aromatic rings. The van der Waals surface area contributed by atoms with Crippen LogP contribution in [0.2, 0.25) is 0 Å². The van der Waals surface area contributed by atoms with Crippen LogP contribution in [0.1, 0.15) is 29.4 Å². The van der Waals surface area contributed by atoms with Gasteiger partial charge in [-0.3, -0.25) is 14.9 Å². The molecule has 0 saturated carbocycles. The van der Waals surface area contributed by atoms with Crippen LogP contribution in [0.3, 0.4) is 0 Å². The molecule has 15 heteroatoms. The third-order valence-electron chi connectivity index (χ3n) is 6.19. The van der Waals surface area contributed by atoms with Gasteiger partial charge in [0.2, 0.25) is 5.91 Å². The molecule has 0 bridgehead atoms. The van der Waals surface area contributed by atoms with Crippen LogP contribution in [0.5, 0.6) is 0 Å². The van der Waals surface area contributed by atoms with Crippen molar-refractivity contribution in [1.82, 2.24) is 19.9 Å². The smallest absolute Gasteiger partial charge is 0.358 e. The van der Waals surface area contributed by atoms with Crippen molar-refractivity contribution in [3.8, 4) is 0 Å². The summed E-state index contributed by atoms with van der Waals surface area (Å²) in [5.41, 5.74) is 0.127. The molecule has 0 unspecified atom stereocenters. The zero-order valence-corrected chi connectivity index (χ0v) is 19.8. The number of ether oxygens (including phenoxy) is 2. The van der Waals surface area contributed by atoms with E-state index in [-0.39, 0.29) is 31.0 Å². The van der Waals surface area contributed by atoms with Gasteiger partial charge in [0.05, 0.1) is 24.1 Å². The van der Waals surface area contributed by atoms with Gasteiger partial charge < -0.3 is 14.4 Å². The Hall–Kier alpha value is -4.14. The number of nitro benzene ring substituents is 1. The molecule has 1 amide bonds. The summed E-state index contributed by atoms with van der Waals surface area (Å²) in [6.07, 6.45) is 2.16. The molecule has 0 spiro atoms. The van der Waals surface area contributed by atoms with Crippen molar-refractivity contribution in [3.63, 3.8) is 0 Å². The highest BCUT2D eigenvalue weighted by Crippen LogP contribution is 2.47. The van der Waals surface area contributed by atoms with Gasteiger partial charge in [0, 0.05) is 12.1 Å². The maximum Gasteiger partial charge on any atom is 0.358 e. The fourth-order valence-corrected chi connectivity index (χ4v) is 6.60. The number of β-lactam (4-membered cyclic amide) rings is 1. The SMILES string of the molecule is C=CCOC(=O)c1cnnn1C[C@@]1(C)[C@H](C(=O)OCc2ccc([N+](=O)[O-])cc2)N2C(=O)C[C@@H]2S1(=O)=O. The van der Waals surface area contributed by atoms with Crippen LogP contribution in [0.15, 0.2) is 43.1 Å². The maximum absolute atomic E-state index is 13.4. The largest absolute Gasteiger partial charge is 0.459 e. The van der Waals surface area contributed by atoms with Crippen LogP contribution in [-0.4, -0.2) is 73.9 Å². The lowest BCUT2D eigenvalue weighted by Gasteiger charge is -2.36. The highest BCUT2D eigenvalue weighted by molar-refractivity contribution is 7.93. The fourth-order valence-electron chi connectivity index (χ4n) is 4.26. The lowest BCUT2D eigenvalue weighted by Crippen LogP contribution is -2.58. The van der Waals surface area contributed by atoms with Crippen LogP contribution >= 0.6 is 0 Å². The van der Waals surface area contributed by atoms with E-state index in [2.05, 4.69) is 16.9 Å². The lowest BCUT2D eigenvalue weighted by atomic mass is 9.96. The van der Waals surface area contributed by atoms with Crippen LogP contribution < -0.4 is 0 Å². The van der Waals surface area contributed by atoms with E-state index >= 15 is 0 Å². The molecule has 3 atom stereocenters. The average molecular weight is 519 g/mol. The van der Waals surface area contributed by atoms with Crippen molar-refractivity contribution in [3.05, 3.63) is 64.5 Å². The summed E-state index contributed by atoms with van der Waals surface area (Å²) in [6, 6.07) is 3.74. The number of benzene rings is 1. The molecular formula is C21H21N5O9S. The van der Waals surface area contributed by atoms with Crippen molar-refractivity contribution in [2.24, 2.45) is 0 Å². The van der Waals surface area contributed by atoms with Gasteiger partial charge in [0.1, 0.15) is 23.3 Å². The minimum atomic E-state index is -4.12. The first-order valence-corrected chi connectivity index (χ1v) is 12.2. The van der Waals surface area contributed by atoms with Gasteiger partial charge in [-0.2, -0.15) is 0 Å². The molecule has 2 aliphatic rings. The van der Waals surface area contributed by atoms with Gasteiger partial charge in [-0.05, 0) is 24.6 Å². The second-order valence-corrected chi connectivity index (χ2v) is 11.0. The van der Waals surface area contributed by atoms with E-state index < -0.39 is 55.3 Å². The van der Waals surface area contributed by atoms with Gasteiger partial charge >= 0.3 is 11.9 Å². The standard InChI is InChI=1S/C21H21N5O9S/c1-3-8-34-19(28)15-10-22-23-24(15)12-21(2)18(25-16(27)9-17(25)36(21,32)33)20(29)35-11-13-4-6-14(7-5-13)26(30)31/h3-7,10,17-18H,1,8-9,11-12H2,2H3/t17-,18-,21-/m0/s1. The summed E-state index contributed by atoms with van der Waals surface area (Å²) in [5, 5.41) is 17.0. The molecule has 2 saturated heterocycles. The Bertz CT molecular complexity index is 1350. The lowest BCUT2D eigenvalue weighted by molar-refractivity contribution is -0.384. The van der Waals surface area contributed by atoms with E-state index in [0.717, 1.165) is 15.8 Å². The average Bonchev–Trinajstić information content (AvgIpc) is 3.34. The highest BCUT2D eigenvalue weighted by atomic mass is 32.2. The number of sulfone groups is 1. The highest BCUT2D eigenvalue weighted by Gasteiger charge is 2.70. The van der Waals surface area contributed by atoms with E-state index in [9.17, 15) is 32.9 Å². The van der Waals surface area contributed by atoms with Gasteiger partial charge in [0.15, 0.2) is 21.6 Å². The summed E-state index contributed by atoms with van der Waals surface area (Å²) in [4.78, 5) is 49.1. The Balaban J connectivity index is 1.61. The Labute approximate surface area is 204 Å². The number of aromatic nitrogens is 3. The first-order valence-electron chi connectivity index (χ1n) is 10.6. The van der Waals surface area contributed by atoms with Gasteiger partial charge in [0.25, 0.3) is 5.69 Å². The molecule has 2 fully saturated rings. The van der Waals surface area contributed by atoms with E-state index in [1.807, 2.05) is 0 Å². The molecule has 1 aromatic heterocycles. The van der Waals surface area contributed by atoms with Crippen molar-refractivity contribution in [2.75, 3.05) is 6.61 Å². The molecule has 4 rings (SSSR count). The number of nitrogens with zero attached hydrogens (tertiary/aromatic N) is 5. The van der Waals surface area contributed by atoms with Crippen molar-refractivity contribution >= 4 is 33.4 Å². The third kappa shape index (κ3) is 4.00. The predicted molar refractivity (Wildman–Crippen MR) is 120 cm³/mol. The quantitative estimate of drug-likeness (QED) is 0.147. The number of carbonyl (C=O) groups is 3. The van der Waals surface area contributed by atoms with E-state index in [0.29, 0.717) is 5.56 Å². The molecular weight excluding hydrogens is 498 g/mol. The Morgan fingerprint density at radius 3 is 2.61 bits per heavy atom. The topological polar surface area (TPSA) is 181 Å². The molecule has 14 nitrogen and oxygen atoms in total. The number of fused-ring (bicyclic) bond motifs is 1. The molecule has 190 valence electrons. The number of nitro groups is 1. The fraction of sp³-hybridized carbons (Fsp3) is 0.381. The first kappa shape index (κ1) is 25.0. The summed E-state index contributed by atoms with van der Waals surface area (Å²) in [5.74, 6) is -2.34. The zero-order chi connectivity index (χ0) is 26.3. The van der Waals surface area contributed by atoms with Crippen molar-refractivity contribution in [1.29, 1.82) is 0 Å². The second kappa shape index (κ2) is 9.14. The Morgan fingerprint density at radius 1 is 1.31 bits per heavy atom. The van der Waals surface area contributed by atoms with Crippen LogP contribution in [0.25, 0.3) is 0 Å².